The minimum Gasteiger partial charge on any atom is -0.482 e. The summed E-state index contributed by atoms with van der Waals surface area (Å²) in [4.78, 5) is 8.55. The summed E-state index contributed by atoms with van der Waals surface area (Å²) in [6.07, 6.45) is 0.667. The quantitative estimate of drug-likeness (QED) is 0.879. The number of nitrogens with two attached hydrogens (primary N) is 1. The van der Waals surface area contributed by atoms with Gasteiger partial charge in [-0.25, -0.2) is 0 Å². The zero-order chi connectivity index (χ0) is 13.8. The Bertz CT molecular complexity index is 551. The van der Waals surface area contributed by atoms with Crippen LogP contribution in [0.4, 0.5) is 0 Å². The first kappa shape index (κ1) is 13.5. The van der Waals surface area contributed by atoms with Crippen LogP contribution >= 0.6 is 0 Å². The lowest BCUT2D eigenvalue weighted by atomic mass is 10.1. The van der Waals surface area contributed by atoms with E-state index in [9.17, 15) is 0 Å². The molecule has 6 nitrogen and oxygen atoms in total. The lowest BCUT2D eigenvalue weighted by molar-refractivity contribution is 0.239. The lowest BCUT2D eigenvalue weighted by Crippen LogP contribution is -2.19. The molecule has 1 unspecified atom stereocenters. The number of hydrogen-bond donors (Lipinski definition) is 1. The average Bonchev–Trinajstić information content (AvgIpc) is 2.73. The monoisotopic (exact) mass is 262 g/mol. The molecule has 0 amide bonds. The highest BCUT2D eigenvalue weighted by Crippen LogP contribution is 2.19. The minimum atomic E-state index is 0.0299. The van der Waals surface area contributed by atoms with Gasteiger partial charge in [-0.2, -0.15) is 4.98 Å². The molecule has 0 bridgehead atoms. The third kappa shape index (κ3) is 3.75. The number of rotatable bonds is 5. The average molecular weight is 262 g/mol. The van der Waals surface area contributed by atoms with E-state index in [1.807, 2.05) is 26.0 Å². The molecule has 0 aliphatic rings. The molecule has 0 saturated carbocycles. The maximum atomic E-state index is 5.82. The summed E-state index contributed by atoms with van der Waals surface area (Å²) in [6.45, 7) is 5.88. The number of nitrogens with zero attached hydrogens (tertiary/aromatic N) is 3. The van der Waals surface area contributed by atoms with Crippen LogP contribution in [0.25, 0.3) is 0 Å². The van der Waals surface area contributed by atoms with E-state index in [4.69, 9.17) is 15.0 Å². The molecule has 0 radical (unpaired) electrons. The summed E-state index contributed by atoms with van der Waals surface area (Å²) >= 11 is 0. The van der Waals surface area contributed by atoms with E-state index < -0.39 is 0 Å². The van der Waals surface area contributed by atoms with Crippen LogP contribution in [0.15, 0.2) is 16.7 Å². The van der Waals surface area contributed by atoms with Crippen LogP contribution in [-0.2, 0) is 13.0 Å². The highest BCUT2D eigenvalue weighted by molar-refractivity contribution is 5.30. The molecule has 0 saturated heterocycles. The Morgan fingerprint density at radius 3 is 2.74 bits per heavy atom. The van der Waals surface area contributed by atoms with Crippen LogP contribution in [0, 0.1) is 13.8 Å². The summed E-state index contributed by atoms with van der Waals surface area (Å²) in [7, 11) is 0. The van der Waals surface area contributed by atoms with Crippen LogP contribution in [0.1, 0.15) is 30.0 Å². The maximum absolute atomic E-state index is 5.82. The molecule has 0 aliphatic carbocycles. The molecular weight excluding hydrogens is 244 g/mol. The summed E-state index contributed by atoms with van der Waals surface area (Å²) in [5.74, 6) is 1.75. The van der Waals surface area contributed by atoms with Gasteiger partial charge in [0.1, 0.15) is 5.75 Å². The van der Waals surface area contributed by atoms with Crippen molar-refractivity contribution in [3.05, 3.63) is 35.2 Å². The van der Waals surface area contributed by atoms with E-state index in [-0.39, 0.29) is 12.6 Å². The number of hydrogen-bond acceptors (Lipinski definition) is 6. The molecule has 102 valence electrons. The number of aryl methyl sites for hydroxylation is 2. The molecule has 2 rings (SSSR count). The Kier molecular flexibility index (Phi) is 4.11. The van der Waals surface area contributed by atoms with Gasteiger partial charge in [-0.1, -0.05) is 5.16 Å². The Morgan fingerprint density at radius 2 is 2.11 bits per heavy atom. The van der Waals surface area contributed by atoms with Crippen molar-refractivity contribution in [2.45, 2.75) is 39.8 Å². The molecule has 19 heavy (non-hydrogen) atoms. The second kappa shape index (κ2) is 5.79. The molecule has 2 aromatic rings. The summed E-state index contributed by atoms with van der Waals surface area (Å²) in [6, 6.07) is 3.82. The topological polar surface area (TPSA) is 87.1 Å². The summed E-state index contributed by atoms with van der Waals surface area (Å²) < 4.78 is 10.7. The van der Waals surface area contributed by atoms with E-state index in [2.05, 4.69) is 15.1 Å². The third-order valence-electron chi connectivity index (χ3n) is 2.51. The Labute approximate surface area is 112 Å². The lowest BCUT2D eigenvalue weighted by Gasteiger charge is -2.11. The van der Waals surface area contributed by atoms with E-state index >= 15 is 0 Å². The van der Waals surface area contributed by atoms with Gasteiger partial charge in [0.05, 0.1) is 5.69 Å². The number of ether oxygens (including phenoxy) is 1. The first-order chi connectivity index (χ1) is 9.04. The SMILES string of the molecule is Cc1ccc(OCc2nc(C)no2)c(CC(C)N)n1. The zero-order valence-electron chi connectivity index (χ0n) is 11.4. The largest absolute Gasteiger partial charge is 0.482 e. The fourth-order valence-electron chi connectivity index (χ4n) is 1.72. The van der Waals surface area contributed by atoms with E-state index in [0.717, 1.165) is 11.4 Å². The van der Waals surface area contributed by atoms with Gasteiger partial charge in [0.15, 0.2) is 12.4 Å². The van der Waals surface area contributed by atoms with Gasteiger partial charge in [0.2, 0.25) is 0 Å². The smallest absolute Gasteiger partial charge is 0.264 e. The molecule has 2 heterocycles. The molecule has 6 heteroatoms. The minimum absolute atomic E-state index is 0.0299. The number of pyridine rings is 1. The third-order valence-corrected chi connectivity index (χ3v) is 2.51. The van der Waals surface area contributed by atoms with Crippen molar-refractivity contribution < 1.29 is 9.26 Å². The summed E-state index contributed by atoms with van der Waals surface area (Å²) in [5, 5.41) is 3.71. The highest BCUT2D eigenvalue weighted by atomic mass is 16.5. The van der Waals surface area contributed by atoms with Crippen LogP contribution in [-0.4, -0.2) is 21.2 Å². The van der Waals surface area contributed by atoms with Gasteiger partial charge in [0, 0.05) is 18.2 Å². The van der Waals surface area contributed by atoms with Gasteiger partial charge in [0.25, 0.3) is 5.89 Å². The van der Waals surface area contributed by atoms with Crippen molar-refractivity contribution in [2.75, 3.05) is 0 Å². The van der Waals surface area contributed by atoms with Crippen molar-refractivity contribution in [1.29, 1.82) is 0 Å². The second-order valence-corrected chi connectivity index (χ2v) is 4.60. The zero-order valence-corrected chi connectivity index (χ0v) is 11.4. The molecule has 2 aromatic heterocycles. The standard InChI is InChI=1S/C13H18N4O2/c1-8(14)6-11-12(5-4-9(2)15-11)18-7-13-16-10(3)17-19-13/h4-5,8H,6-7,14H2,1-3H3. The van der Waals surface area contributed by atoms with Gasteiger partial charge < -0.3 is 15.0 Å². The van der Waals surface area contributed by atoms with Crippen molar-refractivity contribution in [3.8, 4) is 5.75 Å². The van der Waals surface area contributed by atoms with E-state index in [0.29, 0.717) is 23.9 Å². The van der Waals surface area contributed by atoms with Crippen LogP contribution in [0.5, 0.6) is 5.75 Å². The van der Waals surface area contributed by atoms with E-state index in [1.54, 1.807) is 6.92 Å². The normalized spacial score (nSPS) is 12.4. The first-order valence-corrected chi connectivity index (χ1v) is 6.18. The van der Waals surface area contributed by atoms with Crippen molar-refractivity contribution in [1.82, 2.24) is 15.1 Å². The fraction of sp³-hybridized carbons (Fsp3) is 0.462. The van der Waals surface area contributed by atoms with Gasteiger partial charge >= 0.3 is 0 Å². The fourth-order valence-corrected chi connectivity index (χ4v) is 1.72. The second-order valence-electron chi connectivity index (χ2n) is 4.60. The van der Waals surface area contributed by atoms with Crippen LogP contribution < -0.4 is 10.5 Å². The predicted molar refractivity (Wildman–Crippen MR) is 69.7 cm³/mol. The van der Waals surface area contributed by atoms with Gasteiger partial charge in [-0.3, -0.25) is 4.98 Å². The molecule has 1 atom stereocenters. The highest BCUT2D eigenvalue weighted by Gasteiger charge is 2.10. The summed E-state index contributed by atoms with van der Waals surface area (Å²) in [5.41, 5.74) is 7.61. The predicted octanol–water partition coefficient (Wildman–Crippen LogP) is 1.55. The van der Waals surface area contributed by atoms with Crippen molar-refractivity contribution in [3.63, 3.8) is 0 Å². The van der Waals surface area contributed by atoms with E-state index in [1.165, 1.54) is 0 Å². The molecule has 0 aliphatic heterocycles. The molecule has 0 fully saturated rings. The first-order valence-electron chi connectivity index (χ1n) is 6.18. The molecule has 2 N–H and O–H groups in total. The van der Waals surface area contributed by atoms with Crippen LogP contribution in [0.3, 0.4) is 0 Å². The Hall–Kier alpha value is -1.95. The molecule has 0 aromatic carbocycles. The molecular formula is C13H18N4O2. The van der Waals surface area contributed by atoms with Gasteiger partial charge in [-0.15, -0.1) is 0 Å². The maximum Gasteiger partial charge on any atom is 0.264 e. The van der Waals surface area contributed by atoms with Crippen molar-refractivity contribution in [2.24, 2.45) is 5.73 Å². The van der Waals surface area contributed by atoms with Crippen molar-refractivity contribution >= 4 is 0 Å². The molecule has 0 spiro atoms. The van der Waals surface area contributed by atoms with Gasteiger partial charge in [-0.05, 0) is 32.9 Å². The van der Waals surface area contributed by atoms with Crippen LogP contribution in [0.2, 0.25) is 0 Å². The Balaban J connectivity index is 2.10. The number of aromatic nitrogens is 3. The Morgan fingerprint density at radius 1 is 1.32 bits per heavy atom.